The van der Waals surface area contributed by atoms with Crippen LogP contribution in [0.25, 0.3) is 0 Å². The van der Waals surface area contributed by atoms with E-state index in [4.69, 9.17) is 0 Å². The lowest BCUT2D eigenvalue weighted by Gasteiger charge is -2.16. The van der Waals surface area contributed by atoms with Gasteiger partial charge in [0.15, 0.2) is 0 Å². The highest BCUT2D eigenvalue weighted by Gasteiger charge is 2.42. The number of benzene rings is 1. The van der Waals surface area contributed by atoms with Crippen LogP contribution in [0.2, 0.25) is 0 Å². The van der Waals surface area contributed by atoms with Crippen LogP contribution in [0.1, 0.15) is 25.0 Å². The van der Waals surface area contributed by atoms with E-state index in [1.165, 1.54) is 6.07 Å². The quantitative estimate of drug-likeness (QED) is 0.639. The number of nitrogens with zero attached hydrogens (tertiary/aromatic N) is 1. The molecule has 0 aliphatic carbocycles. The van der Waals surface area contributed by atoms with Crippen molar-refractivity contribution in [1.29, 1.82) is 0 Å². The van der Waals surface area contributed by atoms with Crippen LogP contribution in [0.4, 0.5) is 10.1 Å². The van der Waals surface area contributed by atoms with Crippen molar-refractivity contribution in [3.8, 4) is 0 Å². The van der Waals surface area contributed by atoms with E-state index in [0.717, 1.165) is 11.3 Å². The second-order valence-corrected chi connectivity index (χ2v) is 4.61. The van der Waals surface area contributed by atoms with Crippen molar-refractivity contribution in [3.63, 3.8) is 0 Å². The topological polar surface area (TPSA) is 20.3 Å². The summed E-state index contributed by atoms with van der Waals surface area (Å²) in [5, 5.41) is 0. The van der Waals surface area contributed by atoms with E-state index in [-0.39, 0.29) is 11.7 Å². The SMILES string of the molecule is Cc1cc2c(cc1F)C(C)(C)C(=O)N2C. The summed E-state index contributed by atoms with van der Waals surface area (Å²) in [5.41, 5.74) is 1.56. The lowest BCUT2D eigenvalue weighted by molar-refractivity contribution is -0.121. The predicted octanol–water partition coefficient (Wildman–Crippen LogP) is 2.39. The van der Waals surface area contributed by atoms with Gasteiger partial charge in [0.1, 0.15) is 5.82 Å². The van der Waals surface area contributed by atoms with E-state index in [9.17, 15) is 9.18 Å². The number of halogens is 1. The summed E-state index contributed by atoms with van der Waals surface area (Å²) in [6.45, 7) is 5.36. The Balaban J connectivity index is 2.72. The highest BCUT2D eigenvalue weighted by Crippen LogP contribution is 2.41. The van der Waals surface area contributed by atoms with Crippen molar-refractivity contribution in [2.45, 2.75) is 26.2 Å². The number of anilines is 1. The van der Waals surface area contributed by atoms with E-state index in [1.54, 1.807) is 24.9 Å². The first-order valence-electron chi connectivity index (χ1n) is 4.94. The lowest BCUT2D eigenvalue weighted by atomic mass is 9.86. The van der Waals surface area contributed by atoms with Gasteiger partial charge in [0, 0.05) is 12.7 Å². The second kappa shape index (κ2) is 2.81. The van der Waals surface area contributed by atoms with Gasteiger partial charge in [-0.05, 0) is 44.0 Å². The first kappa shape index (κ1) is 10.1. The molecule has 1 aromatic rings. The van der Waals surface area contributed by atoms with Crippen molar-refractivity contribution in [2.24, 2.45) is 0 Å². The van der Waals surface area contributed by atoms with Gasteiger partial charge in [-0.3, -0.25) is 4.79 Å². The minimum Gasteiger partial charge on any atom is -0.314 e. The number of fused-ring (bicyclic) bond motifs is 1. The Morgan fingerprint density at radius 1 is 1.33 bits per heavy atom. The van der Waals surface area contributed by atoms with Crippen LogP contribution in [0.15, 0.2) is 12.1 Å². The van der Waals surface area contributed by atoms with Crippen LogP contribution in [0.3, 0.4) is 0 Å². The van der Waals surface area contributed by atoms with E-state index < -0.39 is 5.41 Å². The molecule has 0 saturated heterocycles. The van der Waals surface area contributed by atoms with Crippen molar-refractivity contribution in [3.05, 3.63) is 29.1 Å². The zero-order valence-corrected chi connectivity index (χ0v) is 9.39. The summed E-state index contributed by atoms with van der Waals surface area (Å²) in [7, 11) is 1.73. The summed E-state index contributed by atoms with van der Waals surface area (Å²) >= 11 is 0. The van der Waals surface area contributed by atoms with Crippen molar-refractivity contribution >= 4 is 11.6 Å². The van der Waals surface area contributed by atoms with E-state index in [1.807, 2.05) is 13.8 Å². The second-order valence-electron chi connectivity index (χ2n) is 4.61. The molecule has 1 amide bonds. The maximum Gasteiger partial charge on any atom is 0.236 e. The summed E-state index contributed by atoms with van der Waals surface area (Å²) in [6, 6.07) is 3.21. The number of hydrogen-bond donors (Lipinski definition) is 0. The molecule has 1 aromatic carbocycles. The molecule has 0 aromatic heterocycles. The van der Waals surface area contributed by atoms with E-state index >= 15 is 0 Å². The van der Waals surface area contributed by atoms with Crippen LogP contribution < -0.4 is 4.90 Å². The molecule has 0 N–H and O–H groups in total. The maximum atomic E-state index is 13.4. The molecule has 2 nitrogen and oxygen atoms in total. The number of amides is 1. The molecule has 0 unspecified atom stereocenters. The summed E-state index contributed by atoms with van der Waals surface area (Å²) in [6.07, 6.45) is 0. The first-order chi connectivity index (χ1) is 6.85. The van der Waals surface area contributed by atoms with Gasteiger partial charge in [-0.2, -0.15) is 0 Å². The maximum absolute atomic E-state index is 13.4. The molecule has 0 atom stereocenters. The van der Waals surface area contributed by atoms with Gasteiger partial charge in [0.25, 0.3) is 0 Å². The van der Waals surface area contributed by atoms with Crippen molar-refractivity contribution < 1.29 is 9.18 Å². The van der Waals surface area contributed by atoms with Gasteiger partial charge in [-0.15, -0.1) is 0 Å². The summed E-state index contributed by atoms with van der Waals surface area (Å²) < 4.78 is 13.4. The van der Waals surface area contributed by atoms with Crippen LogP contribution in [0, 0.1) is 12.7 Å². The highest BCUT2D eigenvalue weighted by molar-refractivity contribution is 6.07. The molecule has 0 spiro atoms. The molecule has 0 radical (unpaired) electrons. The molecule has 0 saturated carbocycles. The fraction of sp³-hybridized carbons (Fsp3) is 0.417. The van der Waals surface area contributed by atoms with Crippen molar-refractivity contribution in [2.75, 3.05) is 11.9 Å². The standard InChI is InChI=1S/C12H14FNO/c1-7-5-10-8(6-9(7)13)12(2,3)11(15)14(10)4/h5-6H,1-4H3. The molecule has 0 fully saturated rings. The number of aryl methyl sites for hydroxylation is 1. The van der Waals surface area contributed by atoms with Gasteiger partial charge in [0.05, 0.1) is 5.41 Å². The minimum atomic E-state index is -0.612. The Morgan fingerprint density at radius 2 is 1.93 bits per heavy atom. The number of rotatable bonds is 0. The van der Waals surface area contributed by atoms with Crippen LogP contribution >= 0.6 is 0 Å². The largest absolute Gasteiger partial charge is 0.314 e. The van der Waals surface area contributed by atoms with Crippen LogP contribution in [0.5, 0.6) is 0 Å². The third-order valence-corrected chi connectivity index (χ3v) is 3.15. The summed E-state index contributed by atoms with van der Waals surface area (Å²) in [5.74, 6) is -0.229. The monoisotopic (exact) mass is 207 g/mol. The molecule has 80 valence electrons. The number of carbonyl (C=O) groups excluding carboxylic acids is 1. The lowest BCUT2D eigenvalue weighted by Crippen LogP contribution is -2.33. The highest BCUT2D eigenvalue weighted by atomic mass is 19.1. The molecular formula is C12H14FNO. The smallest absolute Gasteiger partial charge is 0.236 e. The van der Waals surface area contributed by atoms with Gasteiger partial charge in [-0.1, -0.05) is 0 Å². The predicted molar refractivity (Wildman–Crippen MR) is 57.6 cm³/mol. The van der Waals surface area contributed by atoms with Crippen LogP contribution in [-0.2, 0) is 10.2 Å². The fourth-order valence-electron chi connectivity index (χ4n) is 2.09. The van der Waals surface area contributed by atoms with Crippen molar-refractivity contribution in [1.82, 2.24) is 0 Å². The molecule has 1 aliphatic rings. The normalized spacial score (nSPS) is 18.2. The average molecular weight is 207 g/mol. The fourth-order valence-corrected chi connectivity index (χ4v) is 2.09. The Labute approximate surface area is 88.7 Å². The van der Waals surface area contributed by atoms with Crippen LogP contribution in [-0.4, -0.2) is 13.0 Å². The van der Waals surface area contributed by atoms with Gasteiger partial charge in [0.2, 0.25) is 5.91 Å². The molecule has 0 bridgehead atoms. The molecule has 15 heavy (non-hydrogen) atoms. The Bertz CT molecular complexity index is 451. The third-order valence-electron chi connectivity index (χ3n) is 3.15. The molecular weight excluding hydrogens is 193 g/mol. The molecule has 1 aliphatic heterocycles. The molecule has 1 heterocycles. The number of hydrogen-bond acceptors (Lipinski definition) is 1. The summed E-state index contributed by atoms with van der Waals surface area (Å²) in [4.78, 5) is 13.5. The first-order valence-corrected chi connectivity index (χ1v) is 4.94. The number of carbonyl (C=O) groups is 1. The van der Waals surface area contributed by atoms with Gasteiger partial charge in [-0.25, -0.2) is 4.39 Å². The van der Waals surface area contributed by atoms with Gasteiger partial charge >= 0.3 is 0 Å². The van der Waals surface area contributed by atoms with E-state index in [2.05, 4.69) is 0 Å². The zero-order valence-electron chi connectivity index (χ0n) is 9.39. The Morgan fingerprint density at radius 3 is 2.53 bits per heavy atom. The Hall–Kier alpha value is -1.38. The minimum absolute atomic E-state index is 0.0162. The molecule has 3 heteroatoms. The van der Waals surface area contributed by atoms with Gasteiger partial charge < -0.3 is 4.90 Å². The molecule has 2 rings (SSSR count). The third kappa shape index (κ3) is 1.19. The average Bonchev–Trinajstić information content (AvgIpc) is 2.32. The Kier molecular flexibility index (Phi) is 1.90. The zero-order chi connectivity index (χ0) is 11.4. The van der Waals surface area contributed by atoms with E-state index in [0.29, 0.717) is 5.56 Å². The number of likely N-dealkylation sites (N-methyl/N-ethyl adjacent to an activating group) is 1.